The van der Waals surface area contributed by atoms with Crippen molar-refractivity contribution in [1.29, 1.82) is 0 Å². The van der Waals surface area contributed by atoms with E-state index in [0.717, 1.165) is 18.4 Å². The predicted octanol–water partition coefficient (Wildman–Crippen LogP) is 2.97. The summed E-state index contributed by atoms with van der Waals surface area (Å²) in [5, 5.41) is 2.40. The molecule has 0 unspecified atom stereocenters. The Morgan fingerprint density at radius 1 is 1.32 bits per heavy atom. The van der Waals surface area contributed by atoms with Crippen LogP contribution in [0.15, 0.2) is 40.8 Å². The van der Waals surface area contributed by atoms with Gasteiger partial charge in [0.05, 0.1) is 11.7 Å². The predicted molar refractivity (Wildman–Crippen MR) is 95.6 cm³/mol. The fourth-order valence-corrected chi connectivity index (χ4v) is 3.93. The van der Waals surface area contributed by atoms with E-state index in [9.17, 15) is 14.0 Å². The standard InChI is InChI=1S/C18H16FN3O2S/c19-13-4-3-12-2-1-7-22(15(12)10-13)16(23)5-8-21-11-20-17-14(18(21)24)6-9-25-17/h3-4,6,9-11H,1-2,5,7-8H2. The summed E-state index contributed by atoms with van der Waals surface area (Å²) in [4.78, 5) is 31.6. The van der Waals surface area contributed by atoms with Gasteiger partial charge in [0.25, 0.3) is 5.56 Å². The minimum atomic E-state index is -0.346. The topological polar surface area (TPSA) is 55.2 Å². The van der Waals surface area contributed by atoms with Crippen LogP contribution >= 0.6 is 11.3 Å². The zero-order valence-corrected chi connectivity index (χ0v) is 14.3. The van der Waals surface area contributed by atoms with E-state index in [-0.39, 0.29) is 30.2 Å². The summed E-state index contributed by atoms with van der Waals surface area (Å²) in [6.45, 7) is 0.837. The number of benzene rings is 1. The third-order valence-electron chi connectivity index (χ3n) is 4.48. The van der Waals surface area contributed by atoms with Crippen molar-refractivity contribution in [2.45, 2.75) is 25.8 Å². The number of rotatable bonds is 3. The molecule has 0 saturated carbocycles. The first-order valence-electron chi connectivity index (χ1n) is 8.15. The molecule has 3 aromatic rings. The average Bonchev–Trinajstić information content (AvgIpc) is 3.10. The third-order valence-corrected chi connectivity index (χ3v) is 5.30. The van der Waals surface area contributed by atoms with Gasteiger partial charge in [0.15, 0.2) is 0 Å². The molecule has 128 valence electrons. The smallest absolute Gasteiger partial charge is 0.262 e. The van der Waals surface area contributed by atoms with E-state index in [0.29, 0.717) is 22.4 Å². The second-order valence-electron chi connectivity index (χ2n) is 6.05. The molecule has 0 atom stereocenters. The van der Waals surface area contributed by atoms with E-state index in [2.05, 4.69) is 4.98 Å². The largest absolute Gasteiger partial charge is 0.312 e. The summed E-state index contributed by atoms with van der Waals surface area (Å²) in [6.07, 6.45) is 3.36. The number of fused-ring (bicyclic) bond motifs is 2. The molecule has 1 aromatic carbocycles. The van der Waals surface area contributed by atoms with Crippen molar-refractivity contribution in [2.75, 3.05) is 11.4 Å². The molecule has 5 nitrogen and oxygen atoms in total. The molecular formula is C18H16FN3O2S. The van der Waals surface area contributed by atoms with Crippen molar-refractivity contribution in [3.63, 3.8) is 0 Å². The average molecular weight is 357 g/mol. The van der Waals surface area contributed by atoms with E-state index in [1.165, 1.54) is 34.4 Å². The molecule has 0 N–H and O–H groups in total. The van der Waals surface area contributed by atoms with Gasteiger partial charge in [-0.25, -0.2) is 9.37 Å². The number of aromatic nitrogens is 2. The van der Waals surface area contributed by atoms with Crippen LogP contribution in [0.5, 0.6) is 0 Å². The number of thiophene rings is 1. The number of hydrogen-bond donors (Lipinski definition) is 0. The van der Waals surface area contributed by atoms with Crippen LogP contribution in [0.3, 0.4) is 0 Å². The summed E-state index contributed by atoms with van der Waals surface area (Å²) >= 11 is 1.42. The Bertz CT molecular complexity index is 1010. The highest BCUT2D eigenvalue weighted by Gasteiger charge is 2.23. The second kappa shape index (κ2) is 6.40. The number of halogens is 1. The fraction of sp³-hybridized carbons (Fsp3) is 0.278. The Labute approximate surface area is 147 Å². The van der Waals surface area contributed by atoms with Crippen LogP contribution in [0.25, 0.3) is 10.2 Å². The Hall–Kier alpha value is -2.54. The Kier molecular flexibility index (Phi) is 4.09. The van der Waals surface area contributed by atoms with Gasteiger partial charge in [-0.05, 0) is 42.0 Å². The highest BCUT2D eigenvalue weighted by molar-refractivity contribution is 7.16. The molecule has 0 radical (unpaired) electrons. The summed E-state index contributed by atoms with van der Waals surface area (Å²) < 4.78 is 15.0. The van der Waals surface area contributed by atoms with Crippen LogP contribution in [0.2, 0.25) is 0 Å². The molecule has 0 spiro atoms. The number of hydrogen-bond acceptors (Lipinski definition) is 4. The van der Waals surface area contributed by atoms with Gasteiger partial charge in [0.2, 0.25) is 5.91 Å². The van der Waals surface area contributed by atoms with Gasteiger partial charge < -0.3 is 4.90 Å². The summed E-state index contributed by atoms with van der Waals surface area (Å²) in [6, 6.07) is 6.33. The first-order chi connectivity index (χ1) is 12.1. The monoisotopic (exact) mass is 357 g/mol. The molecule has 25 heavy (non-hydrogen) atoms. The second-order valence-corrected chi connectivity index (χ2v) is 6.95. The molecule has 2 aromatic heterocycles. The van der Waals surface area contributed by atoms with Crippen molar-refractivity contribution in [1.82, 2.24) is 9.55 Å². The molecule has 3 heterocycles. The van der Waals surface area contributed by atoms with E-state index in [4.69, 9.17) is 0 Å². The molecule has 7 heteroatoms. The number of carbonyl (C=O) groups excluding carboxylic acids is 1. The van der Waals surface area contributed by atoms with E-state index < -0.39 is 0 Å². The van der Waals surface area contributed by atoms with Crippen LogP contribution in [0, 0.1) is 5.82 Å². The lowest BCUT2D eigenvalue weighted by Crippen LogP contribution is -2.36. The lowest BCUT2D eigenvalue weighted by Gasteiger charge is -2.29. The van der Waals surface area contributed by atoms with Crippen LogP contribution in [-0.2, 0) is 17.8 Å². The highest BCUT2D eigenvalue weighted by Crippen LogP contribution is 2.28. The minimum Gasteiger partial charge on any atom is -0.312 e. The van der Waals surface area contributed by atoms with Crippen molar-refractivity contribution in [3.8, 4) is 0 Å². The van der Waals surface area contributed by atoms with Gasteiger partial charge in [-0.1, -0.05) is 6.07 Å². The maximum atomic E-state index is 13.6. The van der Waals surface area contributed by atoms with Crippen LogP contribution in [0.1, 0.15) is 18.4 Å². The van der Waals surface area contributed by atoms with Crippen molar-refractivity contribution in [2.24, 2.45) is 0 Å². The number of amides is 1. The zero-order chi connectivity index (χ0) is 17.4. The van der Waals surface area contributed by atoms with Gasteiger partial charge in [-0.3, -0.25) is 14.2 Å². The maximum absolute atomic E-state index is 13.6. The Morgan fingerprint density at radius 2 is 2.20 bits per heavy atom. The van der Waals surface area contributed by atoms with Gasteiger partial charge in [0.1, 0.15) is 10.6 Å². The molecule has 0 saturated heterocycles. The van der Waals surface area contributed by atoms with E-state index in [1.807, 2.05) is 5.38 Å². The third kappa shape index (κ3) is 2.95. The SMILES string of the molecule is O=C(CCn1cnc2sccc2c1=O)N1CCCc2ccc(F)cc21. The van der Waals surface area contributed by atoms with Crippen LogP contribution in [0.4, 0.5) is 10.1 Å². The van der Waals surface area contributed by atoms with Gasteiger partial charge in [0, 0.05) is 25.2 Å². The highest BCUT2D eigenvalue weighted by atomic mass is 32.1. The van der Waals surface area contributed by atoms with E-state index >= 15 is 0 Å². The molecule has 4 rings (SSSR count). The van der Waals surface area contributed by atoms with Gasteiger partial charge in [-0.2, -0.15) is 0 Å². The number of carbonyl (C=O) groups is 1. The summed E-state index contributed by atoms with van der Waals surface area (Å²) in [7, 11) is 0. The fourth-order valence-electron chi connectivity index (χ4n) is 3.21. The van der Waals surface area contributed by atoms with Gasteiger partial charge >= 0.3 is 0 Å². The van der Waals surface area contributed by atoms with E-state index in [1.54, 1.807) is 17.0 Å². The van der Waals surface area contributed by atoms with Crippen molar-refractivity contribution < 1.29 is 9.18 Å². The first-order valence-corrected chi connectivity index (χ1v) is 9.03. The first kappa shape index (κ1) is 16.0. The van der Waals surface area contributed by atoms with Crippen LogP contribution < -0.4 is 10.5 Å². The Balaban J connectivity index is 1.54. The zero-order valence-electron chi connectivity index (χ0n) is 13.4. The normalized spacial score (nSPS) is 13.9. The number of aryl methyl sites for hydroxylation is 2. The number of anilines is 1. The molecule has 0 aliphatic carbocycles. The maximum Gasteiger partial charge on any atom is 0.262 e. The Morgan fingerprint density at radius 3 is 3.08 bits per heavy atom. The van der Waals surface area contributed by atoms with Gasteiger partial charge in [-0.15, -0.1) is 11.3 Å². The molecule has 1 aliphatic heterocycles. The molecule has 1 aliphatic rings. The van der Waals surface area contributed by atoms with Crippen molar-refractivity contribution in [3.05, 3.63) is 57.7 Å². The summed E-state index contributed by atoms with van der Waals surface area (Å²) in [5.74, 6) is -0.453. The quantitative estimate of drug-likeness (QED) is 0.724. The number of nitrogens with zero attached hydrogens (tertiary/aromatic N) is 3. The van der Waals surface area contributed by atoms with Crippen molar-refractivity contribution >= 4 is 33.1 Å². The molecule has 0 bridgehead atoms. The lowest BCUT2D eigenvalue weighted by atomic mass is 10.0. The molecular weight excluding hydrogens is 341 g/mol. The summed E-state index contributed by atoms with van der Waals surface area (Å²) in [5.41, 5.74) is 1.50. The molecule has 1 amide bonds. The minimum absolute atomic E-state index is 0.108. The lowest BCUT2D eigenvalue weighted by molar-refractivity contribution is -0.118. The van der Waals surface area contributed by atoms with Crippen LogP contribution in [-0.4, -0.2) is 22.0 Å². The molecule has 0 fully saturated rings.